The normalized spacial score (nSPS) is 9.94. The Labute approximate surface area is 107 Å². The van der Waals surface area contributed by atoms with Crippen molar-refractivity contribution in [2.75, 3.05) is 5.73 Å². The molecular formula is C11H8N4O2S. The number of nitro groups is 1. The Balaban J connectivity index is 2.24. The van der Waals surface area contributed by atoms with Crippen LogP contribution in [0.2, 0.25) is 0 Å². The second-order valence-corrected chi connectivity index (χ2v) is 4.36. The fourth-order valence-electron chi connectivity index (χ4n) is 1.50. The number of rotatable bonds is 3. The van der Waals surface area contributed by atoms with Gasteiger partial charge in [0.05, 0.1) is 17.2 Å². The molecule has 18 heavy (non-hydrogen) atoms. The van der Waals surface area contributed by atoms with Crippen LogP contribution in [0, 0.1) is 16.7 Å². The summed E-state index contributed by atoms with van der Waals surface area (Å²) in [6.45, 7) is 7.02. The lowest BCUT2D eigenvalue weighted by molar-refractivity contribution is -0.384. The molecule has 6 nitrogen and oxygen atoms in total. The number of nitrogens with zero attached hydrogens (tertiary/aromatic N) is 3. The zero-order chi connectivity index (χ0) is 13.1. The molecule has 0 fully saturated rings. The van der Waals surface area contributed by atoms with Crippen LogP contribution in [0.25, 0.3) is 4.85 Å². The monoisotopic (exact) mass is 260 g/mol. The number of hydrogen-bond acceptors (Lipinski definition) is 5. The molecule has 1 aromatic carbocycles. The average molecular weight is 260 g/mol. The average Bonchev–Trinajstić information content (AvgIpc) is 2.70. The molecule has 0 saturated heterocycles. The van der Waals surface area contributed by atoms with E-state index in [4.69, 9.17) is 12.3 Å². The zero-order valence-corrected chi connectivity index (χ0v) is 9.98. The molecule has 0 aliphatic carbocycles. The quantitative estimate of drug-likeness (QED) is 0.522. The summed E-state index contributed by atoms with van der Waals surface area (Å²) in [5, 5.41) is 10.9. The number of benzene rings is 1. The van der Waals surface area contributed by atoms with Crippen LogP contribution in [0.15, 0.2) is 24.3 Å². The molecule has 2 aromatic rings. The highest BCUT2D eigenvalue weighted by Crippen LogP contribution is 2.32. The Bertz CT molecular complexity index is 627. The van der Waals surface area contributed by atoms with Crippen LogP contribution in [-0.4, -0.2) is 9.30 Å². The van der Waals surface area contributed by atoms with Crippen molar-refractivity contribution < 1.29 is 4.92 Å². The molecule has 0 radical (unpaired) electrons. The van der Waals surface area contributed by atoms with Crippen LogP contribution in [0.5, 0.6) is 0 Å². The first-order valence-corrected chi connectivity index (χ1v) is 5.74. The van der Waals surface area contributed by atoms with Gasteiger partial charge in [-0.3, -0.25) is 10.1 Å². The van der Waals surface area contributed by atoms with E-state index in [2.05, 4.69) is 9.22 Å². The third kappa shape index (κ3) is 2.28. The number of nitro benzene ring substituents is 1. The minimum absolute atomic E-state index is 0.0435. The van der Waals surface area contributed by atoms with Crippen LogP contribution >= 0.6 is 11.5 Å². The van der Waals surface area contributed by atoms with Crippen molar-refractivity contribution in [2.24, 2.45) is 0 Å². The van der Waals surface area contributed by atoms with Gasteiger partial charge in [-0.15, -0.1) is 0 Å². The van der Waals surface area contributed by atoms with Crippen molar-refractivity contribution in [2.45, 2.75) is 6.42 Å². The van der Waals surface area contributed by atoms with E-state index in [-0.39, 0.29) is 5.69 Å². The summed E-state index contributed by atoms with van der Waals surface area (Å²) in [6.07, 6.45) is 0.448. The maximum atomic E-state index is 10.5. The third-order valence-electron chi connectivity index (χ3n) is 2.39. The molecule has 1 heterocycles. The lowest BCUT2D eigenvalue weighted by Gasteiger charge is -1.99. The molecule has 0 aliphatic heterocycles. The van der Waals surface area contributed by atoms with Gasteiger partial charge in [0.15, 0.2) is 0 Å². The first kappa shape index (κ1) is 12.0. The highest BCUT2D eigenvalue weighted by Gasteiger charge is 2.12. The predicted octanol–water partition coefficient (Wildman–Crippen LogP) is 2.78. The van der Waals surface area contributed by atoms with Gasteiger partial charge in [0.2, 0.25) is 5.69 Å². The Morgan fingerprint density at radius 1 is 1.44 bits per heavy atom. The highest BCUT2D eigenvalue weighted by molar-refractivity contribution is 7.10. The van der Waals surface area contributed by atoms with Crippen LogP contribution in [0.4, 0.5) is 16.4 Å². The molecule has 0 bridgehead atoms. The zero-order valence-electron chi connectivity index (χ0n) is 9.16. The van der Waals surface area contributed by atoms with Crippen LogP contribution in [0.3, 0.4) is 0 Å². The first-order chi connectivity index (χ1) is 8.61. The molecule has 90 valence electrons. The van der Waals surface area contributed by atoms with Crippen molar-refractivity contribution >= 4 is 27.9 Å². The number of hydrogen-bond donors (Lipinski definition) is 1. The summed E-state index contributed by atoms with van der Waals surface area (Å²) in [7, 11) is 0. The van der Waals surface area contributed by atoms with Gasteiger partial charge in [-0.05, 0) is 17.1 Å². The number of anilines is 1. The largest absolute Gasteiger partial charge is 0.398 e. The van der Waals surface area contributed by atoms with E-state index in [1.807, 2.05) is 0 Å². The second-order valence-electron chi connectivity index (χ2n) is 3.55. The summed E-state index contributed by atoms with van der Waals surface area (Å²) in [5.74, 6) is 0. The van der Waals surface area contributed by atoms with Gasteiger partial charge in [-0.1, -0.05) is 12.1 Å². The second kappa shape index (κ2) is 4.81. The Hall–Kier alpha value is -2.46. The summed E-state index contributed by atoms with van der Waals surface area (Å²) >= 11 is 1.09. The van der Waals surface area contributed by atoms with Crippen molar-refractivity contribution in [3.8, 4) is 0 Å². The van der Waals surface area contributed by atoms with Gasteiger partial charge >= 0.3 is 0 Å². The molecule has 0 spiro atoms. The lowest BCUT2D eigenvalue weighted by Crippen LogP contribution is -1.91. The first-order valence-electron chi connectivity index (χ1n) is 4.96. The van der Waals surface area contributed by atoms with Crippen molar-refractivity contribution in [1.29, 1.82) is 0 Å². The maximum Gasteiger partial charge on any atom is 0.269 e. The summed E-state index contributed by atoms with van der Waals surface area (Å²) in [4.78, 5) is 13.4. The third-order valence-corrected chi connectivity index (χ3v) is 3.09. The number of non-ortho nitro benzene ring substituents is 1. The fourth-order valence-corrected chi connectivity index (χ4v) is 2.11. The van der Waals surface area contributed by atoms with Gasteiger partial charge < -0.3 is 5.73 Å². The van der Waals surface area contributed by atoms with Crippen LogP contribution in [-0.2, 0) is 6.42 Å². The molecule has 7 heteroatoms. The molecule has 2 rings (SSSR count). The molecule has 1 aromatic heterocycles. The van der Waals surface area contributed by atoms with E-state index in [9.17, 15) is 10.1 Å². The van der Waals surface area contributed by atoms with Crippen LogP contribution < -0.4 is 5.73 Å². The minimum Gasteiger partial charge on any atom is -0.398 e. The molecule has 0 aliphatic rings. The summed E-state index contributed by atoms with van der Waals surface area (Å²) in [5.41, 5.74) is 7.51. The number of nitrogens with two attached hydrogens (primary N) is 1. The molecular weight excluding hydrogens is 252 g/mol. The molecule has 0 atom stereocenters. The predicted molar refractivity (Wildman–Crippen MR) is 68.7 cm³/mol. The Morgan fingerprint density at radius 3 is 2.67 bits per heavy atom. The lowest BCUT2D eigenvalue weighted by atomic mass is 10.1. The van der Waals surface area contributed by atoms with Gasteiger partial charge in [0, 0.05) is 18.6 Å². The van der Waals surface area contributed by atoms with E-state index < -0.39 is 4.92 Å². The van der Waals surface area contributed by atoms with Crippen molar-refractivity contribution in [3.63, 3.8) is 0 Å². The summed E-state index contributed by atoms with van der Waals surface area (Å²) < 4.78 is 4.11. The van der Waals surface area contributed by atoms with Crippen molar-refractivity contribution in [3.05, 3.63) is 57.1 Å². The van der Waals surface area contributed by atoms with Gasteiger partial charge in [0.25, 0.3) is 5.69 Å². The molecule has 0 saturated carbocycles. The Morgan fingerprint density at radius 2 is 2.11 bits per heavy atom. The standard InChI is InChI=1S/C11H8N4O2S/c1-13-10-9(14-18-11(10)12)6-7-2-4-8(5-3-7)15(16)17/h2-5H,6,12H2. The molecule has 2 N–H and O–H groups in total. The van der Waals surface area contributed by atoms with E-state index in [1.165, 1.54) is 12.1 Å². The number of aromatic nitrogens is 1. The van der Waals surface area contributed by atoms with Crippen molar-refractivity contribution in [1.82, 2.24) is 4.37 Å². The minimum atomic E-state index is -0.449. The van der Waals surface area contributed by atoms with E-state index in [0.29, 0.717) is 22.8 Å². The smallest absolute Gasteiger partial charge is 0.269 e. The van der Waals surface area contributed by atoms with Crippen LogP contribution in [0.1, 0.15) is 11.3 Å². The SMILES string of the molecule is [C-]#[N+]c1c(Cc2ccc([N+](=O)[O-])cc2)nsc1N. The summed E-state index contributed by atoms with van der Waals surface area (Å²) in [6, 6.07) is 6.17. The van der Waals surface area contributed by atoms with Gasteiger partial charge in [-0.2, -0.15) is 0 Å². The molecule has 0 unspecified atom stereocenters. The van der Waals surface area contributed by atoms with Gasteiger partial charge in [0.1, 0.15) is 5.00 Å². The van der Waals surface area contributed by atoms with E-state index in [0.717, 1.165) is 17.1 Å². The fraction of sp³-hybridized carbons (Fsp3) is 0.0909. The van der Waals surface area contributed by atoms with E-state index >= 15 is 0 Å². The van der Waals surface area contributed by atoms with Gasteiger partial charge in [-0.25, -0.2) is 9.22 Å². The number of nitrogen functional groups attached to an aromatic ring is 1. The molecule has 0 amide bonds. The van der Waals surface area contributed by atoms with E-state index in [1.54, 1.807) is 12.1 Å². The topological polar surface area (TPSA) is 86.4 Å². The Kier molecular flexibility index (Phi) is 3.21. The maximum absolute atomic E-state index is 10.5. The highest BCUT2D eigenvalue weighted by atomic mass is 32.1.